The van der Waals surface area contributed by atoms with Crippen LogP contribution < -0.4 is 9.62 Å². The molecule has 3 aromatic rings. The number of amides is 1. The quantitative estimate of drug-likeness (QED) is 0.544. The second kappa shape index (κ2) is 9.35. The Kier molecular flexibility index (Phi) is 6.81. The van der Waals surface area contributed by atoms with Gasteiger partial charge in [-0.2, -0.15) is 0 Å². The zero-order valence-electron chi connectivity index (χ0n) is 18.3. The molecule has 1 N–H and O–H groups in total. The third-order valence-electron chi connectivity index (χ3n) is 5.23. The highest BCUT2D eigenvalue weighted by molar-refractivity contribution is 7.92. The summed E-state index contributed by atoms with van der Waals surface area (Å²) in [5, 5.41) is 2.88. The molecule has 0 aromatic heterocycles. The number of aryl methyl sites for hydroxylation is 1. The fourth-order valence-corrected chi connectivity index (χ4v) is 4.15. The van der Waals surface area contributed by atoms with Crippen molar-refractivity contribution in [2.24, 2.45) is 0 Å². The summed E-state index contributed by atoms with van der Waals surface area (Å²) in [6.45, 7) is 6.43. The average Bonchev–Trinajstić information content (AvgIpc) is 2.73. The first-order valence-electron chi connectivity index (χ1n) is 10.2. The number of benzene rings is 3. The summed E-state index contributed by atoms with van der Waals surface area (Å²) < 4.78 is 26.2. The Balaban J connectivity index is 1.78. The third-order valence-corrected chi connectivity index (χ3v) is 6.37. The SMILES string of the molecule is Cc1ccccc1CN(c1ccc(C(=O)Nc2ccc(C(C)C)cc2)cc1)S(C)(=O)=O. The summed E-state index contributed by atoms with van der Waals surface area (Å²) in [5.74, 6) is 0.184. The number of hydrogen-bond acceptors (Lipinski definition) is 3. The summed E-state index contributed by atoms with van der Waals surface area (Å²) in [6.07, 6.45) is 1.19. The highest BCUT2D eigenvalue weighted by Crippen LogP contribution is 2.23. The first kappa shape index (κ1) is 22.6. The van der Waals surface area contributed by atoms with E-state index in [1.807, 2.05) is 55.5 Å². The van der Waals surface area contributed by atoms with Gasteiger partial charge in [-0.1, -0.05) is 50.2 Å². The van der Waals surface area contributed by atoms with Crippen LogP contribution in [0.3, 0.4) is 0 Å². The molecular weight excluding hydrogens is 408 g/mol. The van der Waals surface area contributed by atoms with Crippen LogP contribution in [0.2, 0.25) is 0 Å². The molecule has 0 saturated heterocycles. The van der Waals surface area contributed by atoms with Gasteiger partial charge in [0.15, 0.2) is 0 Å². The van der Waals surface area contributed by atoms with Crippen LogP contribution in [-0.4, -0.2) is 20.6 Å². The van der Waals surface area contributed by atoms with Crippen LogP contribution in [-0.2, 0) is 16.6 Å². The third kappa shape index (κ3) is 5.73. The second-order valence-electron chi connectivity index (χ2n) is 7.97. The maximum atomic E-state index is 12.6. The number of sulfonamides is 1. The maximum absolute atomic E-state index is 12.6. The molecule has 0 bridgehead atoms. The summed E-state index contributed by atoms with van der Waals surface area (Å²) in [7, 11) is -3.49. The van der Waals surface area contributed by atoms with Gasteiger partial charge in [-0.25, -0.2) is 8.42 Å². The second-order valence-corrected chi connectivity index (χ2v) is 9.88. The van der Waals surface area contributed by atoms with Gasteiger partial charge in [0, 0.05) is 11.3 Å². The van der Waals surface area contributed by atoms with Gasteiger partial charge >= 0.3 is 0 Å². The Morgan fingerprint density at radius 2 is 1.55 bits per heavy atom. The van der Waals surface area contributed by atoms with Crippen molar-refractivity contribution < 1.29 is 13.2 Å². The normalized spacial score (nSPS) is 11.4. The zero-order valence-corrected chi connectivity index (χ0v) is 19.1. The highest BCUT2D eigenvalue weighted by atomic mass is 32.2. The van der Waals surface area contributed by atoms with Crippen molar-refractivity contribution in [3.05, 3.63) is 95.1 Å². The lowest BCUT2D eigenvalue weighted by atomic mass is 10.0. The molecule has 6 heteroatoms. The molecule has 3 aromatic carbocycles. The van der Waals surface area contributed by atoms with Crippen molar-refractivity contribution in [3.8, 4) is 0 Å². The average molecular weight is 437 g/mol. The van der Waals surface area contributed by atoms with Gasteiger partial charge in [0.2, 0.25) is 10.0 Å². The number of carbonyl (C=O) groups is 1. The van der Waals surface area contributed by atoms with E-state index in [-0.39, 0.29) is 12.5 Å². The predicted molar refractivity (Wildman–Crippen MR) is 127 cm³/mol. The summed E-state index contributed by atoms with van der Waals surface area (Å²) in [5.41, 5.74) is 4.85. The summed E-state index contributed by atoms with van der Waals surface area (Å²) in [4.78, 5) is 12.6. The largest absolute Gasteiger partial charge is 0.322 e. The van der Waals surface area contributed by atoms with Crippen molar-refractivity contribution in [3.63, 3.8) is 0 Å². The van der Waals surface area contributed by atoms with Crippen LogP contribution in [0.5, 0.6) is 0 Å². The topological polar surface area (TPSA) is 66.5 Å². The van der Waals surface area contributed by atoms with E-state index < -0.39 is 10.0 Å². The van der Waals surface area contributed by atoms with Crippen LogP contribution in [0.1, 0.15) is 46.8 Å². The minimum absolute atomic E-state index is 0.235. The number of carbonyl (C=O) groups excluding carboxylic acids is 1. The first-order chi connectivity index (χ1) is 14.6. The fourth-order valence-electron chi connectivity index (χ4n) is 3.28. The Morgan fingerprint density at radius 3 is 2.10 bits per heavy atom. The Labute approximate surface area is 184 Å². The van der Waals surface area contributed by atoms with E-state index in [0.717, 1.165) is 16.8 Å². The van der Waals surface area contributed by atoms with Crippen molar-refractivity contribution in [2.45, 2.75) is 33.2 Å². The zero-order chi connectivity index (χ0) is 22.6. The molecule has 0 atom stereocenters. The van der Waals surface area contributed by atoms with Gasteiger partial charge in [-0.15, -0.1) is 0 Å². The fraction of sp³-hybridized carbons (Fsp3) is 0.240. The van der Waals surface area contributed by atoms with Crippen LogP contribution in [0.25, 0.3) is 0 Å². The lowest BCUT2D eigenvalue weighted by molar-refractivity contribution is 0.102. The molecule has 31 heavy (non-hydrogen) atoms. The molecule has 0 aliphatic heterocycles. The van der Waals surface area contributed by atoms with Gasteiger partial charge in [0.25, 0.3) is 5.91 Å². The highest BCUT2D eigenvalue weighted by Gasteiger charge is 2.19. The molecule has 1 amide bonds. The van der Waals surface area contributed by atoms with E-state index in [9.17, 15) is 13.2 Å². The molecule has 0 saturated carbocycles. The number of anilines is 2. The van der Waals surface area contributed by atoms with Crippen LogP contribution in [0, 0.1) is 6.92 Å². The lowest BCUT2D eigenvalue weighted by Gasteiger charge is -2.23. The number of nitrogens with zero attached hydrogens (tertiary/aromatic N) is 1. The number of rotatable bonds is 7. The molecule has 0 spiro atoms. The summed E-state index contributed by atoms with van der Waals surface area (Å²) >= 11 is 0. The smallest absolute Gasteiger partial charge is 0.255 e. The maximum Gasteiger partial charge on any atom is 0.255 e. The van der Waals surface area contributed by atoms with E-state index >= 15 is 0 Å². The van der Waals surface area contributed by atoms with E-state index in [0.29, 0.717) is 17.2 Å². The molecular formula is C25H28N2O3S. The molecule has 162 valence electrons. The molecule has 0 aliphatic carbocycles. The van der Waals surface area contributed by atoms with Crippen LogP contribution >= 0.6 is 0 Å². The van der Waals surface area contributed by atoms with Crippen molar-refractivity contribution in [2.75, 3.05) is 15.9 Å². The first-order valence-corrected chi connectivity index (χ1v) is 12.0. The van der Waals surface area contributed by atoms with E-state index in [2.05, 4.69) is 19.2 Å². The van der Waals surface area contributed by atoms with Gasteiger partial charge in [-0.05, 0) is 65.9 Å². The Hall–Kier alpha value is -3.12. The Morgan fingerprint density at radius 1 is 0.935 bits per heavy atom. The molecule has 0 aliphatic rings. The van der Waals surface area contributed by atoms with Gasteiger partial charge in [0.1, 0.15) is 0 Å². The van der Waals surface area contributed by atoms with Crippen molar-refractivity contribution in [1.82, 2.24) is 0 Å². The summed E-state index contributed by atoms with van der Waals surface area (Å²) in [6, 6.07) is 22.1. The minimum Gasteiger partial charge on any atom is -0.322 e. The van der Waals surface area contributed by atoms with Crippen molar-refractivity contribution in [1.29, 1.82) is 0 Å². The number of nitrogens with one attached hydrogen (secondary N) is 1. The standard InChI is InChI=1S/C25H28N2O3S/c1-18(2)20-9-13-23(14-10-20)26-25(28)21-11-15-24(16-12-21)27(31(4,29)30)17-22-8-6-5-7-19(22)3/h5-16,18H,17H2,1-4H3,(H,26,28). The molecule has 0 heterocycles. The lowest BCUT2D eigenvalue weighted by Crippen LogP contribution is -2.29. The number of hydrogen-bond donors (Lipinski definition) is 1. The molecule has 0 radical (unpaired) electrons. The molecule has 0 fully saturated rings. The van der Waals surface area contributed by atoms with Crippen LogP contribution in [0.4, 0.5) is 11.4 Å². The monoisotopic (exact) mass is 436 g/mol. The van der Waals surface area contributed by atoms with Crippen molar-refractivity contribution >= 4 is 27.3 Å². The molecule has 0 unspecified atom stereocenters. The van der Waals surface area contributed by atoms with E-state index in [4.69, 9.17) is 0 Å². The molecule has 3 rings (SSSR count). The Bertz CT molecular complexity index is 1150. The van der Waals surface area contributed by atoms with Gasteiger partial charge in [-0.3, -0.25) is 9.10 Å². The minimum atomic E-state index is -3.49. The van der Waals surface area contributed by atoms with Crippen LogP contribution in [0.15, 0.2) is 72.8 Å². The van der Waals surface area contributed by atoms with E-state index in [1.165, 1.54) is 16.1 Å². The van der Waals surface area contributed by atoms with Gasteiger partial charge in [0.05, 0.1) is 18.5 Å². The van der Waals surface area contributed by atoms with Gasteiger partial charge < -0.3 is 5.32 Å². The molecule has 5 nitrogen and oxygen atoms in total. The predicted octanol–water partition coefficient (Wildman–Crippen LogP) is 5.34. The van der Waals surface area contributed by atoms with E-state index in [1.54, 1.807) is 24.3 Å².